The second-order valence-corrected chi connectivity index (χ2v) is 5.36. The van der Waals surface area contributed by atoms with Crippen LogP contribution in [0, 0.1) is 0 Å². The largest absolute Gasteiger partial charge is 0.337 e. The molecule has 1 unspecified atom stereocenters. The minimum absolute atomic E-state index is 0.0158. The number of hydrogen-bond donors (Lipinski definition) is 1. The fraction of sp³-hybridized carbons (Fsp3) is 0.667. The zero-order chi connectivity index (χ0) is 12.3. The molecule has 0 saturated carbocycles. The van der Waals surface area contributed by atoms with Gasteiger partial charge in [-0.05, 0) is 12.8 Å². The van der Waals surface area contributed by atoms with Gasteiger partial charge in [0.05, 0.1) is 6.04 Å². The third kappa shape index (κ3) is 2.84. The molecule has 1 aromatic heterocycles. The Morgan fingerprint density at radius 3 is 3.00 bits per heavy atom. The minimum Gasteiger partial charge on any atom is -0.337 e. The lowest BCUT2D eigenvalue weighted by Gasteiger charge is -2.30. The second-order valence-electron chi connectivity index (χ2n) is 4.47. The first-order valence-corrected chi connectivity index (χ1v) is 7.10. The van der Waals surface area contributed by atoms with Gasteiger partial charge >= 0.3 is 0 Å². The van der Waals surface area contributed by atoms with Crippen molar-refractivity contribution in [1.82, 2.24) is 9.88 Å². The summed E-state index contributed by atoms with van der Waals surface area (Å²) in [5, 5.41) is 2.73. The third-order valence-corrected chi connectivity index (χ3v) is 4.05. The number of rotatable bonds is 5. The first kappa shape index (κ1) is 12.5. The Balaban J connectivity index is 1.97. The number of thiazole rings is 1. The van der Waals surface area contributed by atoms with Gasteiger partial charge in [0.25, 0.3) is 5.91 Å². The molecule has 1 amide bonds. The number of nitrogens with two attached hydrogens (primary N) is 1. The number of unbranched alkanes of at least 4 members (excludes halogenated alkanes) is 1. The summed E-state index contributed by atoms with van der Waals surface area (Å²) in [6.07, 6.45) is 4.30. The Morgan fingerprint density at radius 1 is 1.65 bits per heavy atom. The van der Waals surface area contributed by atoms with E-state index in [9.17, 15) is 4.79 Å². The van der Waals surface area contributed by atoms with Gasteiger partial charge in [0.15, 0.2) is 0 Å². The van der Waals surface area contributed by atoms with Crippen LogP contribution in [-0.2, 0) is 0 Å². The number of likely N-dealkylation sites (tertiary alicyclic amines) is 1. The van der Waals surface area contributed by atoms with E-state index in [2.05, 4.69) is 11.9 Å². The monoisotopic (exact) mass is 253 g/mol. The van der Waals surface area contributed by atoms with E-state index >= 15 is 0 Å². The molecule has 0 radical (unpaired) electrons. The molecule has 1 aromatic rings. The van der Waals surface area contributed by atoms with Gasteiger partial charge < -0.3 is 10.6 Å². The Bertz CT molecular complexity index is 387. The molecule has 4 nitrogen and oxygen atoms in total. The lowest BCUT2D eigenvalue weighted by molar-refractivity contribution is 0.0646. The summed E-state index contributed by atoms with van der Waals surface area (Å²) in [5.41, 5.74) is 6.61. The topological polar surface area (TPSA) is 59.2 Å². The first-order valence-electron chi connectivity index (χ1n) is 6.22. The Kier molecular flexibility index (Phi) is 4.12. The molecule has 0 spiro atoms. The molecule has 17 heavy (non-hydrogen) atoms. The molecule has 5 heteroatoms. The van der Waals surface area contributed by atoms with Crippen molar-refractivity contribution in [2.45, 2.75) is 38.6 Å². The van der Waals surface area contributed by atoms with Crippen molar-refractivity contribution in [2.75, 3.05) is 13.1 Å². The van der Waals surface area contributed by atoms with Crippen LogP contribution in [0.1, 0.15) is 54.1 Å². The lowest BCUT2D eigenvalue weighted by Crippen LogP contribution is -2.42. The molecular formula is C12H19N3OS. The van der Waals surface area contributed by atoms with Gasteiger partial charge in [-0.2, -0.15) is 0 Å². The maximum atomic E-state index is 11.9. The molecule has 2 N–H and O–H groups in total. The van der Waals surface area contributed by atoms with Crippen LogP contribution in [0.4, 0.5) is 0 Å². The highest BCUT2D eigenvalue weighted by atomic mass is 32.1. The third-order valence-electron chi connectivity index (χ3n) is 3.07. The molecule has 0 aromatic carbocycles. The highest BCUT2D eigenvalue weighted by Gasteiger charge is 2.24. The highest BCUT2D eigenvalue weighted by Crippen LogP contribution is 2.22. The predicted octanol–water partition coefficient (Wildman–Crippen LogP) is 2.18. The van der Waals surface area contributed by atoms with Crippen LogP contribution < -0.4 is 5.73 Å². The quantitative estimate of drug-likeness (QED) is 0.875. The Morgan fingerprint density at radius 2 is 2.41 bits per heavy atom. The molecule has 0 bridgehead atoms. The summed E-state index contributed by atoms with van der Waals surface area (Å²) in [5.74, 6) is 0.0569. The molecule has 0 aliphatic carbocycles. The van der Waals surface area contributed by atoms with Crippen LogP contribution in [0.3, 0.4) is 0 Å². The van der Waals surface area contributed by atoms with Crippen molar-refractivity contribution in [1.29, 1.82) is 0 Å². The van der Waals surface area contributed by atoms with E-state index < -0.39 is 0 Å². The number of aromatic nitrogens is 1. The van der Waals surface area contributed by atoms with Crippen LogP contribution in [0.15, 0.2) is 5.38 Å². The van der Waals surface area contributed by atoms with E-state index in [1.54, 1.807) is 0 Å². The van der Waals surface area contributed by atoms with Crippen LogP contribution in [0.2, 0.25) is 0 Å². The van der Waals surface area contributed by atoms with Crippen LogP contribution in [0.5, 0.6) is 0 Å². The summed E-state index contributed by atoms with van der Waals surface area (Å²) in [6, 6.07) is -0.0158. The van der Waals surface area contributed by atoms with Gasteiger partial charge in [-0.1, -0.05) is 19.8 Å². The fourth-order valence-corrected chi connectivity index (χ4v) is 2.61. The van der Waals surface area contributed by atoms with Gasteiger partial charge in [-0.3, -0.25) is 4.79 Å². The van der Waals surface area contributed by atoms with Gasteiger partial charge in [-0.25, -0.2) is 4.98 Å². The van der Waals surface area contributed by atoms with Crippen LogP contribution >= 0.6 is 11.3 Å². The maximum Gasteiger partial charge on any atom is 0.273 e. The summed E-state index contributed by atoms with van der Waals surface area (Å²) in [7, 11) is 0. The second kappa shape index (κ2) is 5.60. The molecule has 1 fully saturated rings. The van der Waals surface area contributed by atoms with Crippen molar-refractivity contribution in [3.63, 3.8) is 0 Å². The maximum absolute atomic E-state index is 11.9. The average Bonchev–Trinajstić information content (AvgIpc) is 2.72. The average molecular weight is 253 g/mol. The normalized spacial score (nSPS) is 16.7. The lowest BCUT2D eigenvalue weighted by atomic mass is 10.1. The Hall–Kier alpha value is -0.940. The number of amides is 1. The Labute approximate surface area is 106 Å². The van der Waals surface area contributed by atoms with Crippen LogP contribution in [-0.4, -0.2) is 28.9 Å². The summed E-state index contributed by atoms with van der Waals surface area (Å²) >= 11 is 1.50. The molecule has 1 atom stereocenters. The van der Waals surface area contributed by atoms with E-state index in [4.69, 9.17) is 5.73 Å². The van der Waals surface area contributed by atoms with Crippen molar-refractivity contribution < 1.29 is 4.79 Å². The molecule has 1 aliphatic heterocycles. The molecule has 2 heterocycles. The number of nitrogens with zero attached hydrogens (tertiary/aromatic N) is 2. The summed E-state index contributed by atoms with van der Waals surface area (Å²) < 4.78 is 0. The van der Waals surface area contributed by atoms with E-state index in [1.807, 2.05) is 10.3 Å². The molecule has 1 saturated heterocycles. The summed E-state index contributed by atoms with van der Waals surface area (Å²) in [4.78, 5) is 18.1. The van der Waals surface area contributed by atoms with Crippen molar-refractivity contribution in [3.8, 4) is 0 Å². The molecule has 1 aliphatic rings. The zero-order valence-corrected chi connectivity index (χ0v) is 11.0. The van der Waals surface area contributed by atoms with Gasteiger partial charge in [-0.15, -0.1) is 11.3 Å². The van der Waals surface area contributed by atoms with Crippen molar-refractivity contribution in [3.05, 3.63) is 16.1 Å². The molecule has 94 valence electrons. The minimum atomic E-state index is -0.0158. The van der Waals surface area contributed by atoms with Gasteiger partial charge in [0.1, 0.15) is 10.7 Å². The van der Waals surface area contributed by atoms with Crippen molar-refractivity contribution >= 4 is 17.2 Å². The zero-order valence-electron chi connectivity index (χ0n) is 10.2. The fourth-order valence-electron chi connectivity index (χ4n) is 1.78. The van der Waals surface area contributed by atoms with E-state index in [-0.39, 0.29) is 11.9 Å². The van der Waals surface area contributed by atoms with Gasteiger partial charge in [0, 0.05) is 18.5 Å². The highest BCUT2D eigenvalue weighted by molar-refractivity contribution is 7.09. The van der Waals surface area contributed by atoms with E-state index in [1.165, 1.54) is 11.3 Å². The SMILES string of the molecule is CCCCC(N)c1nc(C(=O)N2CCC2)cs1. The standard InChI is InChI=1S/C12H19N3OS/c1-2-3-5-9(13)11-14-10(8-17-11)12(16)15-6-4-7-15/h8-9H,2-7,13H2,1H3. The molecular weight excluding hydrogens is 234 g/mol. The number of carbonyl (C=O) groups excluding carboxylic acids is 1. The smallest absolute Gasteiger partial charge is 0.273 e. The van der Waals surface area contributed by atoms with Crippen molar-refractivity contribution in [2.24, 2.45) is 5.73 Å². The van der Waals surface area contributed by atoms with E-state index in [0.29, 0.717) is 5.69 Å². The summed E-state index contributed by atoms with van der Waals surface area (Å²) in [6.45, 7) is 3.88. The predicted molar refractivity (Wildman–Crippen MR) is 69.1 cm³/mol. The number of carbonyl (C=O) groups is 1. The van der Waals surface area contributed by atoms with Crippen LogP contribution in [0.25, 0.3) is 0 Å². The van der Waals surface area contributed by atoms with E-state index in [0.717, 1.165) is 43.8 Å². The molecule has 2 rings (SSSR count). The first-order chi connectivity index (χ1) is 8.22. The number of hydrogen-bond acceptors (Lipinski definition) is 4. The van der Waals surface area contributed by atoms with Gasteiger partial charge in [0.2, 0.25) is 0 Å².